The van der Waals surface area contributed by atoms with Crippen LogP contribution in [0.1, 0.15) is 36.4 Å². The van der Waals surface area contributed by atoms with Gasteiger partial charge in [-0.25, -0.2) is 4.79 Å². The Morgan fingerprint density at radius 1 is 1.60 bits per heavy atom. The smallest absolute Gasteiger partial charge is 0.374 e. The number of hydrogen-bond acceptors (Lipinski definition) is 5. The SMILES string of the molecule is COC(=O)c1occc1CNCC1CCN(C(C)C)C1. The number of carbonyl (C=O) groups excluding carboxylic acids is 1. The summed E-state index contributed by atoms with van der Waals surface area (Å²) in [5.41, 5.74) is 0.857. The van der Waals surface area contributed by atoms with Crippen molar-refractivity contribution in [3.63, 3.8) is 0 Å². The second-order valence-electron chi connectivity index (χ2n) is 5.64. The van der Waals surface area contributed by atoms with Crippen molar-refractivity contribution in [1.82, 2.24) is 10.2 Å². The zero-order chi connectivity index (χ0) is 14.5. The molecule has 0 aliphatic carbocycles. The van der Waals surface area contributed by atoms with Crippen LogP contribution in [0.2, 0.25) is 0 Å². The molecule has 5 heteroatoms. The molecule has 1 saturated heterocycles. The number of furan rings is 1. The summed E-state index contributed by atoms with van der Waals surface area (Å²) in [6.45, 7) is 8.42. The van der Waals surface area contributed by atoms with Crippen LogP contribution in [0.5, 0.6) is 0 Å². The van der Waals surface area contributed by atoms with Gasteiger partial charge >= 0.3 is 5.97 Å². The van der Waals surface area contributed by atoms with Gasteiger partial charge in [0, 0.05) is 24.7 Å². The molecule has 1 aliphatic heterocycles. The molecule has 0 spiro atoms. The van der Waals surface area contributed by atoms with Crippen molar-refractivity contribution in [2.75, 3.05) is 26.7 Å². The van der Waals surface area contributed by atoms with E-state index < -0.39 is 5.97 Å². The van der Waals surface area contributed by atoms with Crippen LogP contribution in [0.3, 0.4) is 0 Å². The lowest BCUT2D eigenvalue weighted by Gasteiger charge is -2.20. The van der Waals surface area contributed by atoms with Crippen molar-refractivity contribution in [3.05, 3.63) is 23.7 Å². The number of hydrogen-bond donors (Lipinski definition) is 1. The van der Waals surface area contributed by atoms with Crippen LogP contribution >= 0.6 is 0 Å². The minimum Gasteiger partial charge on any atom is -0.463 e. The first kappa shape index (κ1) is 15.1. The van der Waals surface area contributed by atoms with Crippen molar-refractivity contribution in [2.24, 2.45) is 5.92 Å². The first-order chi connectivity index (χ1) is 9.61. The van der Waals surface area contributed by atoms with Crippen molar-refractivity contribution in [1.29, 1.82) is 0 Å². The maximum Gasteiger partial charge on any atom is 0.374 e. The van der Waals surface area contributed by atoms with Crippen LogP contribution in [-0.2, 0) is 11.3 Å². The van der Waals surface area contributed by atoms with Gasteiger partial charge in [0.25, 0.3) is 0 Å². The molecule has 112 valence electrons. The number of methoxy groups -OCH3 is 1. The van der Waals surface area contributed by atoms with Crippen LogP contribution in [0.15, 0.2) is 16.7 Å². The summed E-state index contributed by atoms with van der Waals surface area (Å²) in [6.07, 6.45) is 2.76. The first-order valence-corrected chi connectivity index (χ1v) is 7.21. The van der Waals surface area contributed by atoms with Gasteiger partial charge in [-0.3, -0.25) is 0 Å². The van der Waals surface area contributed by atoms with Gasteiger partial charge in [0.15, 0.2) is 0 Å². The van der Waals surface area contributed by atoms with Crippen LogP contribution in [0.4, 0.5) is 0 Å². The number of ether oxygens (including phenoxy) is 1. The van der Waals surface area contributed by atoms with Gasteiger partial charge in [-0.05, 0) is 45.3 Å². The Morgan fingerprint density at radius 2 is 2.40 bits per heavy atom. The van der Waals surface area contributed by atoms with Crippen LogP contribution in [0, 0.1) is 5.92 Å². The highest BCUT2D eigenvalue weighted by Crippen LogP contribution is 2.18. The van der Waals surface area contributed by atoms with E-state index >= 15 is 0 Å². The number of rotatable bonds is 6. The van der Waals surface area contributed by atoms with Gasteiger partial charge in [0.05, 0.1) is 13.4 Å². The number of likely N-dealkylation sites (tertiary alicyclic amines) is 1. The maximum absolute atomic E-state index is 11.5. The highest BCUT2D eigenvalue weighted by molar-refractivity contribution is 5.87. The van der Waals surface area contributed by atoms with Crippen molar-refractivity contribution >= 4 is 5.97 Å². The van der Waals surface area contributed by atoms with E-state index in [0.29, 0.717) is 24.3 Å². The molecule has 0 radical (unpaired) electrons. The van der Waals surface area contributed by atoms with E-state index in [2.05, 4.69) is 28.8 Å². The maximum atomic E-state index is 11.5. The molecule has 1 aromatic rings. The zero-order valence-corrected chi connectivity index (χ0v) is 12.5. The molecular formula is C15H24N2O3. The fourth-order valence-electron chi connectivity index (χ4n) is 2.66. The number of nitrogens with zero attached hydrogens (tertiary/aromatic N) is 1. The molecule has 1 unspecified atom stereocenters. The third-order valence-electron chi connectivity index (χ3n) is 3.91. The normalized spacial score (nSPS) is 19.7. The monoisotopic (exact) mass is 280 g/mol. The summed E-state index contributed by atoms with van der Waals surface area (Å²) in [5, 5.41) is 3.41. The van der Waals surface area contributed by atoms with Gasteiger partial charge in [-0.1, -0.05) is 0 Å². The van der Waals surface area contributed by atoms with E-state index in [9.17, 15) is 4.79 Å². The molecule has 0 bridgehead atoms. The van der Waals surface area contributed by atoms with Crippen molar-refractivity contribution < 1.29 is 13.9 Å². The molecule has 0 saturated carbocycles. The molecule has 1 aliphatic rings. The second-order valence-corrected chi connectivity index (χ2v) is 5.64. The van der Waals surface area contributed by atoms with Gasteiger partial charge in [0.1, 0.15) is 0 Å². The zero-order valence-electron chi connectivity index (χ0n) is 12.5. The molecule has 20 heavy (non-hydrogen) atoms. The molecule has 1 atom stereocenters. The number of nitrogens with one attached hydrogen (secondary N) is 1. The molecule has 1 fully saturated rings. The highest BCUT2D eigenvalue weighted by atomic mass is 16.5. The minimum absolute atomic E-state index is 0.301. The van der Waals surface area contributed by atoms with Gasteiger partial charge in [-0.2, -0.15) is 0 Å². The summed E-state index contributed by atoms with van der Waals surface area (Å²) in [4.78, 5) is 14.0. The number of carbonyl (C=O) groups is 1. The van der Waals surface area contributed by atoms with E-state index in [4.69, 9.17) is 4.42 Å². The summed E-state index contributed by atoms with van der Waals surface area (Å²) in [5.74, 6) is 0.569. The van der Waals surface area contributed by atoms with Gasteiger partial charge in [0.2, 0.25) is 5.76 Å². The quantitative estimate of drug-likeness (QED) is 0.806. The van der Waals surface area contributed by atoms with Gasteiger partial charge in [-0.15, -0.1) is 0 Å². The Kier molecular flexibility index (Phi) is 5.20. The Morgan fingerprint density at radius 3 is 3.05 bits per heavy atom. The third-order valence-corrected chi connectivity index (χ3v) is 3.91. The van der Waals surface area contributed by atoms with Gasteiger partial charge < -0.3 is 19.4 Å². The Balaban J connectivity index is 1.77. The second kappa shape index (κ2) is 6.90. The molecule has 1 aromatic heterocycles. The third kappa shape index (κ3) is 3.61. The predicted octanol–water partition coefficient (Wildman–Crippen LogP) is 1.89. The summed E-state index contributed by atoms with van der Waals surface area (Å²) >= 11 is 0. The topological polar surface area (TPSA) is 54.7 Å². The molecule has 5 nitrogen and oxygen atoms in total. The Hall–Kier alpha value is -1.33. The molecule has 2 heterocycles. The standard InChI is InChI=1S/C15H24N2O3/c1-11(2)17-6-4-12(10-17)8-16-9-13-5-7-20-14(13)15(18)19-3/h5,7,11-12,16H,4,6,8-10H2,1-3H3. The summed E-state index contributed by atoms with van der Waals surface area (Å²) in [6, 6.07) is 2.44. The fraction of sp³-hybridized carbons (Fsp3) is 0.667. The summed E-state index contributed by atoms with van der Waals surface area (Å²) < 4.78 is 9.85. The predicted molar refractivity (Wildman–Crippen MR) is 76.6 cm³/mol. The lowest BCUT2D eigenvalue weighted by molar-refractivity contribution is 0.0563. The van der Waals surface area contributed by atoms with E-state index in [1.165, 1.54) is 26.3 Å². The molecule has 0 aromatic carbocycles. The lowest BCUT2D eigenvalue weighted by Crippen LogP contribution is -2.30. The van der Waals surface area contributed by atoms with E-state index in [-0.39, 0.29) is 0 Å². The van der Waals surface area contributed by atoms with E-state index in [1.54, 1.807) is 0 Å². The average molecular weight is 280 g/mol. The fourth-order valence-corrected chi connectivity index (χ4v) is 2.66. The largest absolute Gasteiger partial charge is 0.463 e. The van der Waals surface area contributed by atoms with Crippen LogP contribution < -0.4 is 5.32 Å². The molecule has 1 N–H and O–H groups in total. The average Bonchev–Trinajstić information content (AvgIpc) is 3.07. The minimum atomic E-state index is -0.418. The van der Waals surface area contributed by atoms with E-state index in [1.807, 2.05) is 6.07 Å². The lowest BCUT2D eigenvalue weighted by atomic mass is 10.1. The highest BCUT2D eigenvalue weighted by Gasteiger charge is 2.24. The van der Waals surface area contributed by atoms with Crippen LogP contribution in [-0.4, -0.2) is 43.7 Å². The van der Waals surface area contributed by atoms with Crippen molar-refractivity contribution in [3.8, 4) is 0 Å². The Bertz CT molecular complexity index is 442. The van der Waals surface area contributed by atoms with Crippen LogP contribution in [0.25, 0.3) is 0 Å². The van der Waals surface area contributed by atoms with Crippen molar-refractivity contribution in [2.45, 2.75) is 32.9 Å². The Labute approximate surface area is 120 Å². The first-order valence-electron chi connectivity index (χ1n) is 7.21. The summed E-state index contributed by atoms with van der Waals surface area (Å²) in [7, 11) is 1.36. The van der Waals surface area contributed by atoms with E-state index in [0.717, 1.165) is 18.7 Å². The molecule has 2 rings (SSSR count). The number of esters is 1. The molecule has 0 amide bonds. The molecular weight excluding hydrogens is 256 g/mol.